The summed E-state index contributed by atoms with van der Waals surface area (Å²) >= 11 is 0.367. The van der Waals surface area contributed by atoms with Crippen LogP contribution in [0.25, 0.3) is 0 Å². The normalized spacial score (nSPS) is 11.3. The van der Waals surface area contributed by atoms with Crippen molar-refractivity contribution in [3.63, 3.8) is 0 Å². The van der Waals surface area contributed by atoms with Gasteiger partial charge in [0.25, 0.3) is 0 Å². The van der Waals surface area contributed by atoms with Gasteiger partial charge in [-0.25, -0.2) is 4.79 Å². The largest absolute Gasteiger partial charge is 0.478 e. The molecule has 0 aliphatic carbocycles. The Bertz CT molecular complexity index is 629. The molecule has 0 saturated heterocycles. The molecule has 6 nitrogen and oxygen atoms in total. The van der Waals surface area contributed by atoms with Crippen LogP contribution in [0.5, 0.6) is 0 Å². The molecule has 0 radical (unpaired) electrons. The summed E-state index contributed by atoms with van der Waals surface area (Å²) in [4.78, 5) is 14.6. The number of nitrogens with one attached hydrogen (secondary N) is 1. The minimum Gasteiger partial charge on any atom is -0.478 e. The number of aromatic nitrogens is 3. The van der Waals surface area contributed by atoms with Gasteiger partial charge >= 0.3 is 12.1 Å². The highest BCUT2D eigenvalue weighted by Crippen LogP contribution is 2.33. The number of nitrogens with zero attached hydrogens (tertiary/aromatic N) is 3. The Morgan fingerprint density at radius 3 is 2.75 bits per heavy atom. The quantitative estimate of drug-likeness (QED) is 0.901. The van der Waals surface area contributed by atoms with E-state index >= 15 is 0 Å². The van der Waals surface area contributed by atoms with Crippen molar-refractivity contribution < 1.29 is 23.1 Å². The van der Waals surface area contributed by atoms with Gasteiger partial charge in [-0.05, 0) is 12.1 Å². The number of hydrogen-bond acceptors (Lipinski definition) is 6. The summed E-state index contributed by atoms with van der Waals surface area (Å²) in [5, 5.41) is 16.7. The highest BCUT2D eigenvalue weighted by Gasteiger charge is 2.35. The number of aromatic carboxylic acids is 1. The van der Waals surface area contributed by atoms with E-state index in [0.29, 0.717) is 17.0 Å². The molecule has 0 amide bonds. The first-order valence-electron chi connectivity index (χ1n) is 5.19. The van der Waals surface area contributed by atoms with Crippen molar-refractivity contribution in [1.29, 1.82) is 0 Å². The van der Waals surface area contributed by atoms with Gasteiger partial charge in [-0.3, -0.25) is 4.98 Å². The Balaban J connectivity index is 2.04. The lowest BCUT2D eigenvalue weighted by molar-refractivity contribution is -0.138. The van der Waals surface area contributed by atoms with Crippen LogP contribution in [-0.4, -0.2) is 26.3 Å². The van der Waals surface area contributed by atoms with Crippen LogP contribution in [0.2, 0.25) is 0 Å². The third-order valence-electron chi connectivity index (χ3n) is 2.15. The van der Waals surface area contributed by atoms with Crippen molar-refractivity contribution >= 4 is 22.4 Å². The Morgan fingerprint density at radius 2 is 2.15 bits per heavy atom. The average molecular weight is 304 g/mol. The minimum atomic E-state index is -4.53. The molecule has 0 fully saturated rings. The van der Waals surface area contributed by atoms with Crippen LogP contribution in [0.3, 0.4) is 0 Å². The fourth-order valence-electron chi connectivity index (χ4n) is 1.28. The second kappa shape index (κ2) is 5.41. The zero-order chi connectivity index (χ0) is 14.8. The van der Waals surface area contributed by atoms with E-state index in [1.807, 2.05) is 0 Å². The van der Waals surface area contributed by atoms with E-state index in [4.69, 9.17) is 5.11 Å². The second-order valence-corrected chi connectivity index (χ2v) is 4.58. The number of anilines is 1. The summed E-state index contributed by atoms with van der Waals surface area (Å²) in [6, 6.07) is 2.64. The van der Waals surface area contributed by atoms with Gasteiger partial charge in [-0.2, -0.15) is 13.2 Å². The van der Waals surface area contributed by atoms with E-state index in [9.17, 15) is 18.0 Å². The van der Waals surface area contributed by atoms with Gasteiger partial charge in [0.15, 0.2) is 0 Å². The summed E-state index contributed by atoms with van der Waals surface area (Å²) in [5.74, 6) is -1.11. The van der Waals surface area contributed by atoms with Crippen molar-refractivity contribution in [3.05, 3.63) is 34.6 Å². The van der Waals surface area contributed by atoms with Gasteiger partial charge in [0.2, 0.25) is 10.1 Å². The molecule has 2 N–H and O–H groups in total. The minimum absolute atomic E-state index is 0.0140. The number of rotatable bonds is 4. The van der Waals surface area contributed by atoms with Crippen molar-refractivity contribution in [2.24, 2.45) is 0 Å². The Hall–Kier alpha value is -2.23. The summed E-state index contributed by atoms with van der Waals surface area (Å²) < 4.78 is 36.9. The third kappa shape index (κ3) is 3.41. The van der Waals surface area contributed by atoms with E-state index in [-0.39, 0.29) is 17.2 Å². The molecule has 2 aromatic heterocycles. The lowest BCUT2D eigenvalue weighted by Crippen LogP contribution is -2.04. The Kier molecular flexibility index (Phi) is 3.84. The molecule has 2 aromatic rings. The van der Waals surface area contributed by atoms with Gasteiger partial charge in [0.1, 0.15) is 0 Å². The average Bonchev–Trinajstić information content (AvgIpc) is 2.85. The maximum atomic E-state index is 12.3. The molecule has 0 spiro atoms. The molecule has 0 bridgehead atoms. The molecule has 0 aromatic carbocycles. The smallest absolute Gasteiger partial charge is 0.445 e. The molecular formula is C10H7F3N4O2S. The van der Waals surface area contributed by atoms with Gasteiger partial charge in [0, 0.05) is 6.20 Å². The Labute approximate surface area is 114 Å². The van der Waals surface area contributed by atoms with Gasteiger partial charge in [-0.15, -0.1) is 10.2 Å². The van der Waals surface area contributed by atoms with E-state index in [1.165, 1.54) is 18.3 Å². The fraction of sp³-hybridized carbons (Fsp3) is 0.200. The molecule has 20 heavy (non-hydrogen) atoms. The number of pyridine rings is 1. The lowest BCUT2D eigenvalue weighted by Gasteiger charge is -2.02. The lowest BCUT2D eigenvalue weighted by atomic mass is 10.2. The Morgan fingerprint density at radius 1 is 1.40 bits per heavy atom. The van der Waals surface area contributed by atoms with Crippen LogP contribution in [0.4, 0.5) is 18.3 Å². The highest BCUT2D eigenvalue weighted by atomic mass is 32.1. The number of hydrogen-bond donors (Lipinski definition) is 2. The molecule has 2 heterocycles. The van der Waals surface area contributed by atoms with E-state index in [0.717, 1.165) is 0 Å². The molecule has 106 valence electrons. The number of carboxylic acids is 1. The maximum Gasteiger partial charge on any atom is 0.445 e. The van der Waals surface area contributed by atoms with Gasteiger partial charge in [0.05, 0.1) is 17.8 Å². The summed E-state index contributed by atoms with van der Waals surface area (Å²) in [5.41, 5.74) is 0.415. The predicted octanol–water partition coefficient (Wildman–Crippen LogP) is 2.26. The number of alkyl halides is 3. The van der Waals surface area contributed by atoms with E-state index < -0.39 is 17.2 Å². The molecular weight excluding hydrogens is 297 g/mol. The van der Waals surface area contributed by atoms with Crippen LogP contribution in [-0.2, 0) is 12.7 Å². The first-order chi connectivity index (χ1) is 9.36. The van der Waals surface area contributed by atoms with Crippen molar-refractivity contribution in [2.45, 2.75) is 12.7 Å². The zero-order valence-electron chi connectivity index (χ0n) is 9.68. The summed E-state index contributed by atoms with van der Waals surface area (Å²) in [6.45, 7) is 0.0492. The first-order valence-corrected chi connectivity index (χ1v) is 6.00. The van der Waals surface area contributed by atoms with E-state index in [2.05, 4.69) is 20.5 Å². The molecule has 0 aliphatic rings. The standard InChI is InChI=1S/C10H7F3N4O2S/c11-10(12,13)8-16-17-9(20-8)15-4-6-3-5(7(18)19)1-2-14-6/h1-3H,4H2,(H,15,17)(H,18,19). The van der Waals surface area contributed by atoms with Crippen LogP contribution in [0.1, 0.15) is 21.1 Å². The van der Waals surface area contributed by atoms with Gasteiger partial charge in [-0.1, -0.05) is 11.3 Å². The third-order valence-corrected chi connectivity index (χ3v) is 3.08. The molecule has 0 saturated carbocycles. The van der Waals surface area contributed by atoms with Crippen molar-refractivity contribution in [3.8, 4) is 0 Å². The molecule has 10 heteroatoms. The number of carboxylic acid groups (broad SMARTS) is 1. The van der Waals surface area contributed by atoms with Crippen LogP contribution >= 0.6 is 11.3 Å². The van der Waals surface area contributed by atoms with Gasteiger partial charge < -0.3 is 10.4 Å². The summed E-state index contributed by atoms with van der Waals surface area (Å²) in [6.07, 6.45) is -3.22. The second-order valence-electron chi connectivity index (χ2n) is 3.60. The topological polar surface area (TPSA) is 88.0 Å². The fourth-order valence-corrected chi connectivity index (χ4v) is 1.89. The maximum absolute atomic E-state index is 12.3. The first kappa shape index (κ1) is 14.2. The van der Waals surface area contributed by atoms with Crippen LogP contribution in [0.15, 0.2) is 18.3 Å². The van der Waals surface area contributed by atoms with Crippen molar-refractivity contribution in [1.82, 2.24) is 15.2 Å². The van der Waals surface area contributed by atoms with Crippen LogP contribution < -0.4 is 5.32 Å². The van der Waals surface area contributed by atoms with E-state index in [1.54, 1.807) is 0 Å². The zero-order valence-corrected chi connectivity index (χ0v) is 10.5. The monoisotopic (exact) mass is 304 g/mol. The number of halogens is 3. The molecule has 0 aliphatic heterocycles. The molecule has 0 atom stereocenters. The SMILES string of the molecule is O=C(O)c1ccnc(CNc2nnc(C(F)(F)F)s2)c1. The molecule has 2 rings (SSSR count). The van der Waals surface area contributed by atoms with Crippen LogP contribution in [0, 0.1) is 0 Å². The number of carbonyl (C=O) groups is 1. The highest BCUT2D eigenvalue weighted by molar-refractivity contribution is 7.15. The predicted molar refractivity (Wildman–Crippen MR) is 63.4 cm³/mol. The molecule has 0 unspecified atom stereocenters. The van der Waals surface area contributed by atoms with Crippen molar-refractivity contribution in [2.75, 3.05) is 5.32 Å². The summed E-state index contributed by atoms with van der Waals surface area (Å²) in [7, 11) is 0.